The van der Waals surface area contributed by atoms with Crippen LogP contribution in [0.3, 0.4) is 0 Å². The van der Waals surface area contributed by atoms with Gasteiger partial charge in [-0.1, -0.05) is 12.1 Å². The van der Waals surface area contributed by atoms with E-state index in [1.165, 1.54) is 0 Å². The molecule has 0 spiro atoms. The predicted octanol–water partition coefficient (Wildman–Crippen LogP) is 1.53. The van der Waals surface area contributed by atoms with Crippen LogP contribution in [0.15, 0.2) is 41.0 Å². The molecule has 0 saturated heterocycles. The average molecular weight is 264 g/mol. The number of nitrogen functional groups attached to an aromatic ring is 2. The molecule has 0 saturated carbocycles. The van der Waals surface area contributed by atoms with E-state index in [0.29, 0.717) is 11.4 Å². The first-order valence-electron chi connectivity index (χ1n) is 5.07. The molecule has 1 aromatic heterocycles. The number of nitrogens with two attached hydrogens (primary N) is 2. The van der Waals surface area contributed by atoms with Crippen LogP contribution in [0.25, 0.3) is 0 Å². The lowest BCUT2D eigenvalue weighted by Crippen LogP contribution is -2.03. The molecule has 0 aliphatic heterocycles. The van der Waals surface area contributed by atoms with Gasteiger partial charge in [0, 0.05) is 0 Å². The molecule has 0 amide bonds. The van der Waals surface area contributed by atoms with Gasteiger partial charge >= 0.3 is 11.9 Å². The molecule has 7 nitrogen and oxygen atoms in total. The summed E-state index contributed by atoms with van der Waals surface area (Å²) in [5.41, 5.74) is 11.7. The van der Waals surface area contributed by atoms with Crippen molar-refractivity contribution in [1.82, 2.24) is 0 Å². The molecule has 0 aliphatic carbocycles. The van der Waals surface area contributed by atoms with Crippen LogP contribution in [0, 0.1) is 0 Å². The Morgan fingerprint density at radius 3 is 1.79 bits per heavy atom. The van der Waals surface area contributed by atoms with Gasteiger partial charge in [0.05, 0.1) is 17.6 Å². The summed E-state index contributed by atoms with van der Waals surface area (Å²) in [7, 11) is 0. The molecule has 100 valence electrons. The van der Waals surface area contributed by atoms with Crippen molar-refractivity contribution in [3.05, 3.63) is 47.9 Å². The van der Waals surface area contributed by atoms with Crippen LogP contribution >= 0.6 is 0 Å². The van der Waals surface area contributed by atoms with Crippen LogP contribution in [-0.2, 0) is 0 Å². The van der Waals surface area contributed by atoms with Gasteiger partial charge < -0.3 is 26.1 Å². The molecular weight excluding hydrogens is 252 g/mol. The highest BCUT2D eigenvalue weighted by atomic mass is 16.4. The summed E-state index contributed by atoms with van der Waals surface area (Å²) < 4.78 is 4.41. The largest absolute Gasteiger partial charge is 0.478 e. The van der Waals surface area contributed by atoms with Crippen molar-refractivity contribution >= 4 is 23.3 Å². The Hall–Kier alpha value is -2.96. The highest BCUT2D eigenvalue weighted by Crippen LogP contribution is 2.10. The second kappa shape index (κ2) is 6.10. The van der Waals surface area contributed by atoms with E-state index in [2.05, 4.69) is 4.42 Å². The van der Waals surface area contributed by atoms with Gasteiger partial charge in [-0.15, -0.1) is 0 Å². The van der Waals surface area contributed by atoms with E-state index in [9.17, 15) is 9.59 Å². The van der Waals surface area contributed by atoms with E-state index >= 15 is 0 Å². The summed E-state index contributed by atoms with van der Waals surface area (Å²) in [6.45, 7) is 0. The Morgan fingerprint density at radius 1 is 0.947 bits per heavy atom. The minimum atomic E-state index is -1.38. The van der Waals surface area contributed by atoms with Crippen molar-refractivity contribution < 1.29 is 24.2 Å². The van der Waals surface area contributed by atoms with Gasteiger partial charge in [-0.05, 0) is 18.2 Å². The third kappa shape index (κ3) is 3.77. The summed E-state index contributed by atoms with van der Waals surface area (Å²) in [5, 5.41) is 16.7. The van der Waals surface area contributed by atoms with Crippen molar-refractivity contribution in [2.75, 3.05) is 11.5 Å². The zero-order chi connectivity index (χ0) is 14.4. The van der Waals surface area contributed by atoms with Crippen molar-refractivity contribution in [3.8, 4) is 0 Å². The van der Waals surface area contributed by atoms with Crippen LogP contribution in [0.4, 0.5) is 11.4 Å². The molecule has 2 aromatic rings. The zero-order valence-electron chi connectivity index (χ0n) is 9.74. The SMILES string of the molecule is Nc1ccccc1N.O=C(O)c1ccoc1C(=O)O. The lowest BCUT2D eigenvalue weighted by molar-refractivity contribution is 0.0626. The van der Waals surface area contributed by atoms with Crippen LogP contribution in [0.5, 0.6) is 0 Å². The summed E-state index contributed by atoms with van der Waals surface area (Å²) in [6.07, 6.45) is 1.02. The Bertz CT molecular complexity index is 542. The molecular formula is C12H12N2O5. The predicted molar refractivity (Wildman–Crippen MR) is 67.9 cm³/mol. The van der Waals surface area contributed by atoms with Gasteiger partial charge in [0.25, 0.3) is 0 Å². The van der Waals surface area contributed by atoms with Crippen molar-refractivity contribution in [1.29, 1.82) is 0 Å². The first kappa shape index (κ1) is 14.1. The quantitative estimate of drug-likeness (QED) is 0.603. The molecule has 0 bridgehead atoms. The maximum Gasteiger partial charge on any atom is 0.372 e. The number of anilines is 2. The number of hydrogen-bond donors (Lipinski definition) is 4. The molecule has 6 N–H and O–H groups in total. The number of carboxylic acid groups (broad SMARTS) is 2. The van der Waals surface area contributed by atoms with Gasteiger partial charge in [0.2, 0.25) is 5.76 Å². The standard InChI is InChI=1S/C6H8N2.C6H4O5/c7-5-3-1-2-4-6(5)8;7-5(8)3-1-2-11-4(3)6(9)10/h1-4H,7-8H2;1-2H,(H,7,8)(H,9,10). The van der Waals surface area contributed by atoms with Crippen LogP contribution in [-0.4, -0.2) is 22.2 Å². The van der Waals surface area contributed by atoms with Crippen LogP contribution < -0.4 is 11.5 Å². The molecule has 1 heterocycles. The third-order valence-electron chi connectivity index (χ3n) is 2.09. The molecule has 7 heteroatoms. The second-order valence-corrected chi connectivity index (χ2v) is 3.40. The monoisotopic (exact) mass is 264 g/mol. The highest BCUT2D eigenvalue weighted by Gasteiger charge is 2.18. The number of carboxylic acids is 2. The minimum Gasteiger partial charge on any atom is -0.478 e. The van der Waals surface area contributed by atoms with E-state index in [4.69, 9.17) is 21.7 Å². The number of furan rings is 1. The average Bonchev–Trinajstić information content (AvgIpc) is 2.83. The summed E-state index contributed by atoms with van der Waals surface area (Å²) >= 11 is 0. The van der Waals surface area contributed by atoms with Crippen molar-refractivity contribution in [2.45, 2.75) is 0 Å². The zero-order valence-corrected chi connectivity index (χ0v) is 9.74. The van der Waals surface area contributed by atoms with Crippen molar-refractivity contribution in [2.24, 2.45) is 0 Å². The third-order valence-corrected chi connectivity index (χ3v) is 2.09. The fraction of sp³-hybridized carbons (Fsp3) is 0. The summed E-state index contributed by atoms with van der Waals surface area (Å²) in [4.78, 5) is 20.5. The smallest absolute Gasteiger partial charge is 0.372 e. The van der Waals surface area contributed by atoms with E-state index < -0.39 is 17.7 Å². The summed E-state index contributed by atoms with van der Waals surface area (Å²) in [5.74, 6) is -3.24. The Morgan fingerprint density at radius 2 is 1.47 bits per heavy atom. The number of hydrogen-bond acceptors (Lipinski definition) is 5. The summed E-state index contributed by atoms with van der Waals surface area (Å²) in [6, 6.07) is 8.34. The lowest BCUT2D eigenvalue weighted by atomic mass is 10.2. The fourth-order valence-electron chi connectivity index (χ4n) is 1.15. The molecule has 0 aliphatic rings. The van der Waals surface area contributed by atoms with Gasteiger partial charge in [0.1, 0.15) is 5.56 Å². The number of carbonyl (C=O) groups is 2. The van der Waals surface area contributed by atoms with Gasteiger partial charge in [-0.2, -0.15) is 0 Å². The van der Waals surface area contributed by atoms with Gasteiger partial charge in [0.15, 0.2) is 0 Å². The van der Waals surface area contributed by atoms with Gasteiger partial charge in [-0.3, -0.25) is 0 Å². The Balaban J connectivity index is 0.000000200. The normalized spacial score (nSPS) is 9.26. The van der Waals surface area contributed by atoms with Gasteiger partial charge in [-0.25, -0.2) is 9.59 Å². The molecule has 19 heavy (non-hydrogen) atoms. The maximum absolute atomic E-state index is 10.3. The highest BCUT2D eigenvalue weighted by molar-refractivity contribution is 5.99. The van der Waals surface area contributed by atoms with E-state index in [1.54, 1.807) is 12.1 Å². The Kier molecular flexibility index (Phi) is 4.53. The molecule has 0 radical (unpaired) electrons. The van der Waals surface area contributed by atoms with Crippen molar-refractivity contribution in [3.63, 3.8) is 0 Å². The Labute approximate surface area is 108 Å². The molecule has 0 fully saturated rings. The number of rotatable bonds is 2. The maximum atomic E-state index is 10.3. The molecule has 1 aromatic carbocycles. The van der Waals surface area contributed by atoms with E-state index in [0.717, 1.165) is 12.3 Å². The number of benzene rings is 1. The first-order valence-corrected chi connectivity index (χ1v) is 5.07. The first-order chi connectivity index (χ1) is 8.93. The topological polar surface area (TPSA) is 140 Å². The van der Waals surface area contributed by atoms with Crippen LogP contribution in [0.2, 0.25) is 0 Å². The fourth-order valence-corrected chi connectivity index (χ4v) is 1.15. The van der Waals surface area contributed by atoms with E-state index in [-0.39, 0.29) is 5.56 Å². The molecule has 2 rings (SSSR count). The second-order valence-electron chi connectivity index (χ2n) is 3.40. The van der Waals surface area contributed by atoms with E-state index in [1.807, 2.05) is 12.1 Å². The molecule has 0 unspecified atom stereocenters. The van der Waals surface area contributed by atoms with Crippen LogP contribution in [0.1, 0.15) is 20.9 Å². The lowest BCUT2D eigenvalue weighted by Gasteiger charge is -1.94. The number of aromatic carboxylic acids is 2. The minimum absolute atomic E-state index is 0.336. The molecule has 0 atom stereocenters. The number of para-hydroxylation sites is 2.